The Morgan fingerprint density at radius 1 is 1.25 bits per heavy atom. The quantitative estimate of drug-likeness (QED) is 0.341. The molecule has 0 amide bonds. The van der Waals surface area contributed by atoms with Gasteiger partial charge in [0.2, 0.25) is 0 Å². The fourth-order valence-electron chi connectivity index (χ4n) is 0. The van der Waals surface area contributed by atoms with Crippen molar-refractivity contribution in [1.29, 1.82) is 0 Å². The Morgan fingerprint density at radius 3 is 1.25 bits per heavy atom. The van der Waals surface area contributed by atoms with E-state index in [2.05, 4.69) is 0 Å². The minimum Gasteiger partial charge on any atom is 0 e. The summed E-state index contributed by atoms with van der Waals surface area (Å²) in [6, 6.07) is 0. The van der Waals surface area contributed by atoms with Gasteiger partial charge in [0.25, 0.3) is 0 Å². The molecule has 16 valence electrons. The first kappa shape index (κ1) is 17.4. The fraction of sp³-hybridized carbons (Fsp3) is 0. The Hall–Kier alpha value is 1.64. The maximum atomic E-state index is 8.28. The third-order valence-corrected chi connectivity index (χ3v) is 0. The van der Waals surface area contributed by atoms with Gasteiger partial charge in [0.05, 0.1) is 0 Å². The largest absolute Gasteiger partial charge is 0 e. The van der Waals surface area contributed by atoms with E-state index >= 15 is 0 Å². The molecule has 0 spiro atoms. The molecule has 0 saturated heterocycles. The van der Waals surface area contributed by atoms with Crippen LogP contribution >= 0.6 is 0 Å². The molecule has 0 aromatic rings. The monoisotopic (exact) mass is 100.0 g/mol. The zero-order chi connectivity index (χ0) is 2.00. The molecule has 0 rings (SSSR count). The fourth-order valence-corrected chi connectivity index (χ4v) is 0. The van der Waals surface area contributed by atoms with Gasteiger partial charge >= 0.3 is 38.9 Å². The van der Waals surface area contributed by atoms with E-state index in [9.17, 15) is 0 Å². The van der Waals surface area contributed by atoms with Gasteiger partial charge in [-0.15, -0.1) is 0 Å². The van der Waals surface area contributed by atoms with E-state index in [0.29, 0.717) is 16.2 Å². The van der Waals surface area contributed by atoms with Gasteiger partial charge in [0.1, 0.15) is 0 Å². The maximum absolute atomic E-state index is 8.28. The molecule has 0 saturated carbocycles. The van der Waals surface area contributed by atoms with Crippen LogP contribution in [0.25, 0.3) is 0 Å². The van der Waals surface area contributed by atoms with Crippen LogP contribution in [0, 0.1) is 0 Å². The molecular weight excluding hydrogens is 97.8 g/mol. The average molecular weight is 99.8 g/mol. The van der Waals surface area contributed by atoms with Gasteiger partial charge in [0, 0.05) is 21.7 Å². The zero-order valence-electron chi connectivity index (χ0n) is 1.62. The molecule has 0 fully saturated rings. The second-order valence-electron chi connectivity index (χ2n) is 0. The number of rotatable bonds is 0. The van der Waals surface area contributed by atoms with Crippen LogP contribution in [0.5, 0.6) is 0 Å². The van der Waals surface area contributed by atoms with Crippen LogP contribution in [0.15, 0.2) is 0 Å². The van der Waals surface area contributed by atoms with Crippen molar-refractivity contribution in [3.63, 3.8) is 0 Å². The second-order valence-corrected chi connectivity index (χ2v) is 0. The van der Waals surface area contributed by atoms with Crippen LogP contribution in [-0.2, 0) is 25.5 Å². The van der Waals surface area contributed by atoms with Crippen LogP contribution in [0.1, 0.15) is 0 Å². The van der Waals surface area contributed by atoms with Crippen LogP contribution in [0.4, 0.5) is 0 Å². The summed E-state index contributed by atoms with van der Waals surface area (Å²) in [4.78, 5) is 0. The smallest absolute Gasteiger partial charge is 0 e. The zero-order valence-corrected chi connectivity index (χ0v) is 4.59. The SMILES string of the molecule is [LiH].[O]=[AlH].[Ti]. The average Bonchev–Trinajstić information content (AvgIpc) is 1.00. The summed E-state index contributed by atoms with van der Waals surface area (Å²) in [6.45, 7) is 0. The molecule has 0 N–H and O–H groups in total. The van der Waals surface area contributed by atoms with Crippen molar-refractivity contribution in [1.82, 2.24) is 0 Å². The van der Waals surface area contributed by atoms with Crippen molar-refractivity contribution < 1.29 is 25.5 Å². The standard InChI is InChI=1S/Al.Li.O.Ti.2H. The Labute approximate surface area is 60.2 Å². The van der Waals surface area contributed by atoms with Crippen LogP contribution in [0.2, 0.25) is 0 Å². The van der Waals surface area contributed by atoms with Crippen LogP contribution in [-0.4, -0.2) is 35.1 Å². The molecule has 0 radical (unpaired) electrons. The van der Waals surface area contributed by atoms with E-state index < -0.39 is 0 Å². The summed E-state index contributed by atoms with van der Waals surface area (Å²) in [5.74, 6) is 0. The van der Waals surface area contributed by atoms with Crippen molar-refractivity contribution in [3.05, 3.63) is 0 Å². The van der Waals surface area contributed by atoms with Crippen molar-refractivity contribution in [2.75, 3.05) is 0 Å². The molecule has 0 heterocycles. The summed E-state index contributed by atoms with van der Waals surface area (Å²) in [5, 5.41) is 0. The molecule has 0 aromatic heterocycles. The third-order valence-electron chi connectivity index (χ3n) is 0. The van der Waals surface area contributed by atoms with E-state index in [-0.39, 0.29) is 40.6 Å². The molecule has 4 heavy (non-hydrogen) atoms. The van der Waals surface area contributed by atoms with Crippen LogP contribution in [0.3, 0.4) is 0 Å². The Kier molecular flexibility index (Phi) is 99.3. The molecule has 0 unspecified atom stereocenters. The maximum Gasteiger partial charge on any atom is 0 e. The Balaban J connectivity index is -0.00000000500. The van der Waals surface area contributed by atoms with Crippen molar-refractivity contribution in [3.8, 4) is 0 Å². The minimum atomic E-state index is 0. The van der Waals surface area contributed by atoms with Crippen molar-refractivity contribution in [2.24, 2.45) is 0 Å². The summed E-state index contributed by atoms with van der Waals surface area (Å²) >= 11 is 0.611. The summed E-state index contributed by atoms with van der Waals surface area (Å²) in [6.07, 6.45) is 0. The second kappa shape index (κ2) is 22.8. The van der Waals surface area contributed by atoms with Gasteiger partial charge in [0.15, 0.2) is 0 Å². The number of hydrogen-bond donors (Lipinski definition) is 0. The first-order valence-electron chi connectivity index (χ1n) is 0.289. The molecule has 1 nitrogen and oxygen atoms in total. The predicted octanol–water partition coefficient (Wildman–Crippen LogP) is -1.42. The first-order valence-corrected chi connectivity index (χ1v) is 0.866. The molecule has 0 atom stereocenters. The summed E-state index contributed by atoms with van der Waals surface area (Å²) in [7, 11) is 0. The van der Waals surface area contributed by atoms with Gasteiger partial charge in [-0.2, -0.15) is 0 Å². The van der Waals surface area contributed by atoms with Gasteiger partial charge < -0.3 is 0 Å². The van der Waals surface area contributed by atoms with Crippen LogP contribution < -0.4 is 0 Å². The predicted molar refractivity (Wildman–Crippen MR) is 15.0 cm³/mol. The minimum absolute atomic E-state index is 0. The van der Waals surface area contributed by atoms with E-state index in [1.165, 1.54) is 0 Å². The van der Waals surface area contributed by atoms with E-state index in [1.54, 1.807) is 0 Å². The molecule has 4 heteroatoms. The Bertz CT molecular complexity index is 8.00. The molecule has 0 bridgehead atoms. The topological polar surface area (TPSA) is 17.1 Å². The number of hydrogen-bond acceptors (Lipinski definition) is 1. The van der Waals surface area contributed by atoms with Gasteiger partial charge in [-0.25, -0.2) is 0 Å². The summed E-state index contributed by atoms with van der Waals surface area (Å²) in [5.41, 5.74) is 0. The Morgan fingerprint density at radius 2 is 1.25 bits per heavy atom. The molecule has 0 aromatic carbocycles. The normalized spacial score (nSPS) is 0.750. The van der Waals surface area contributed by atoms with Crippen molar-refractivity contribution >= 4 is 35.1 Å². The third kappa shape index (κ3) is 9.43. The van der Waals surface area contributed by atoms with Gasteiger partial charge in [-0.1, -0.05) is 0 Å². The van der Waals surface area contributed by atoms with E-state index in [1.807, 2.05) is 0 Å². The molecule has 0 aliphatic carbocycles. The summed E-state index contributed by atoms with van der Waals surface area (Å²) < 4.78 is 8.28. The molecule has 0 aliphatic rings. The molecule has 0 aliphatic heterocycles. The van der Waals surface area contributed by atoms with Gasteiger partial charge in [-0.3, -0.25) is 0 Å². The van der Waals surface area contributed by atoms with Gasteiger partial charge in [-0.05, 0) is 0 Å². The van der Waals surface area contributed by atoms with Crippen molar-refractivity contribution in [2.45, 2.75) is 0 Å². The van der Waals surface area contributed by atoms with E-state index in [0.717, 1.165) is 0 Å². The van der Waals surface area contributed by atoms with E-state index in [4.69, 9.17) is 3.80 Å². The molecular formula is H2AlLiOTi. The first-order chi connectivity index (χ1) is 1.00.